The zero-order valence-corrected chi connectivity index (χ0v) is 14.7. The minimum Gasteiger partial charge on any atom is -0.459 e. The molecule has 1 atom stereocenters. The van der Waals surface area contributed by atoms with Crippen LogP contribution in [0.2, 0.25) is 0 Å². The van der Waals surface area contributed by atoms with Crippen LogP contribution in [0.3, 0.4) is 0 Å². The summed E-state index contributed by atoms with van der Waals surface area (Å²) in [4.78, 5) is 20.9. The Morgan fingerprint density at radius 3 is 3.00 bits per heavy atom. The van der Waals surface area contributed by atoms with Crippen LogP contribution in [0.15, 0.2) is 21.9 Å². The van der Waals surface area contributed by atoms with E-state index in [4.69, 9.17) is 4.42 Å². The van der Waals surface area contributed by atoms with E-state index < -0.39 is 0 Å². The molecule has 3 heterocycles. The van der Waals surface area contributed by atoms with Gasteiger partial charge in [0.15, 0.2) is 10.8 Å². The summed E-state index contributed by atoms with van der Waals surface area (Å²) in [6, 6.07) is 3.92. The number of hydrogen-bond acceptors (Lipinski definition) is 5. The van der Waals surface area contributed by atoms with Gasteiger partial charge in [0.25, 0.3) is 0 Å². The summed E-state index contributed by atoms with van der Waals surface area (Å²) in [5, 5.41) is 3.01. The number of hydrogen-bond donors (Lipinski definition) is 0. The SMILES string of the molecule is Cc1ccc(-c2nc(CN3CCC[C@H](C(=O)N(C)C)C3)cs2)o1. The molecule has 0 radical (unpaired) electrons. The quantitative estimate of drug-likeness (QED) is 0.863. The van der Waals surface area contributed by atoms with Crippen molar-refractivity contribution in [1.29, 1.82) is 0 Å². The highest BCUT2D eigenvalue weighted by atomic mass is 32.1. The number of nitrogens with zero attached hydrogens (tertiary/aromatic N) is 3. The highest BCUT2D eigenvalue weighted by Crippen LogP contribution is 2.27. The molecule has 2 aromatic rings. The van der Waals surface area contributed by atoms with E-state index in [1.54, 1.807) is 16.2 Å². The predicted octanol–water partition coefficient (Wildman–Crippen LogP) is 3.01. The molecule has 1 amide bonds. The fraction of sp³-hybridized carbons (Fsp3) is 0.529. The highest BCUT2D eigenvalue weighted by molar-refractivity contribution is 7.13. The van der Waals surface area contributed by atoms with Gasteiger partial charge in [0.05, 0.1) is 11.6 Å². The van der Waals surface area contributed by atoms with Gasteiger partial charge in [0.1, 0.15) is 5.76 Å². The van der Waals surface area contributed by atoms with Gasteiger partial charge in [-0.05, 0) is 38.4 Å². The number of likely N-dealkylation sites (tertiary alicyclic amines) is 1. The largest absolute Gasteiger partial charge is 0.459 e. The maximum absolute atomic E-state index is 12.2. The molecule has 23 heavy (non-hydrogen) atoms. The molecule has 0 saturated carbocycles. The Labute approximate surface area is 140 Å². The molecule has 0 N–H and O–H groups in total. The number of furan rings is 1. The Hall–Kier alpha value is -1.66. The normalized spacial score (nSPS) is 19.0. The molecule has 1 saturated heterocycles. The van der Waals surface area contributed by atoms with Crippen LogP contribution >= 0.6 is 11.3 Å². The maximum atomic E-state index is 12.2. The van der Waals surface area contributed by atoms with Gasteiger partial charge in [0, 0.05) is 32.6 Å². The first-order chi connectivity index (χ1) is 11.0. The summed E-state index contributed by atoms with van der Waals surface area (Å²) < 4.78 is 5.63. The smallest absolute Gasteiger partial charge is 0.226 e. The van der Waals surface area contributed by atoms with E-state index in [9.17, 15) is 4.79 Å². The minimum atomic E-state index is 0.115. The van der Waals surface area contributed by atoms with Crippen LogP contribution in [0.1, 0.15) is 24.3 Å². The molecule has 0 spiro atoms. The van der Waals surface area contributed by atoms with Gasteiger partial charge in [-0.15, -0.1) is 11.3 Å². The fourth-order valence-corrected chi connectivity index (χ4v) is 3.81. The summed E-state index contributed by atoms with van der Waals surface area (Å²) in [7, 11) is 3.67. The van der Waals surface area contributed by atoms with Crippen LogP contribution in [0.4, 0.5) is 0 Å². The summed E-state index contributed by atoms with van der Waals surface area (Å²) in [5.74, 6) is 2.08. The molecule has 0 unspecified atom stereocenters. The van der Waals surface area contributed by atoms with Crippen LogP contribution in [0.5, 0.6) is 0 Å². The van der Waals surface area contributed by atoms with Gasteiger partial charge in [-0.1, -0.05) is 0 Å². The number of aromatic nitrogens is 1. The van der Waals surface area contributed by atoms with Crippen LogP contribution in [-0.2, 0) is 11.3 Å². The van der Waals surface area contributed by atoms with Crippen molar-refractivity contribution in [3.8, 4) is 10.8 Å². The highest BCUT2D eigenvalue weighted by Gasteiger charge is 2.27. The van der Waals surface area contributed by atoms with E-state index in [0.717, 1.165) is 54.7 Å². The second-order valence-electron chi connectivity index (χ2n) is 6.36. The third kappa shape index (κ3) is 3.82. The molecular weight excluding hydrogens is 310 g/mol. The summed E-state index contributed by atoms with van der Waals surface area (Å²) in [6.07, 6.45) is 2.06. The number of thiazole rings is 1. The van der Waals surface area contributed by atoms with E-state index in [0.29, 0.717) is 0 Å². The first-order valence-electron chi connectivity index (χ1n) is 7.97. The second-order valence-corrected chi connectivity index (χ2v) is 7.22. The van der Waals surface area contributed by atoms with Gasteiger partial charge >= 0.3 is 0 Å². The van der Waals surface area contributed by atoms with Crippen LogP contribution in [0.25, 0.3) is 10.8 Å². The summed E-state index contributed by atoms with van der Waals surface area (Å²) in [6.45, 7) is 4.59. The number of carbonyl (C=O) groups is 1. The lowest BCUT2D eigenvalue weighted by Gasteiger charge is -2.32. The van der Waals surface area contributed by atoms with Crippen molar-refractivity contribution in [2.45, 2.75) is 26.3 Å². The van der Waals surface area contributed by atoms with Crippen LogP contribution in [0, 0.1) is 12.8 Å². The Kier molecular flexibility index (Phi) is 4.82. The van der Waals surface area contributed by atoms with Crippen molar-refractivity contribution >= 4 is 17.2 Å². The third-order valence-electron chi connectivity index (χ3n) is 4.18. The van der Waals surface area contributed by atoms with Crippen molar-refractivity contribution in [2.75, 3.05) is 27.2 Å². The Bertz CT molecular complexity index is 677. The third-order valence-corrected chi connectivity index (χ3v) is 5.09. The van der Waals surface area contributed by atoms with Gasteiger partial charge in [0.2, 0.25) is 5.91 Å². The molecule has 0 bridgehead atoms. The molecule has 124 valence electrons. The van der Waals surface area contributed by atoms with Crippen LogP contribution in [-0.4, -0.2) is 47.9 Å². The summed E-state index contributed by atoms with van der Waals surface area (Å²) >= 11 is 1.61. The van der Waals surface area contributed by atoms with Crippen molar-refractivity contribution in [3.63, 3.8) is 0 Å². The Morgan fingerprint density at radius 1 is 1.48 bits per heavy atom. The lowest BCUT2D eigenvalue weighted by Crippen LogP contribution is -2.42. The number of rotatable bonds is 4. The second kappa shape index (κ2) is 6.84. The van der Waals surface area contributed by atoms with E-state index in [1.165, 1.54) is 0 Å². The average molecular weight is 333 g/mol. The zero-order valence-electron chi connectivity index (χ0n) is 13.9. The van der Waals surface area contributed by atoms with E-state index in [2.05, 4.69) is 15.3 Å². The Morgan fingerprint density at radius 2 is 2.30 bits per heavy atom. The van der Waals surface area contributed by atoms with E-state index in [-0.39, 0.29) is 11.8 Å². The monoisotopic (exact) mass is 333 g/mol. The van der Waals surface area contributed by atoms with Gasteiger partial charge in [-0.3, -0.25) is 9.69 Å². The van der Waals surface area contributed by atoms with E-state index >= 15 is 0 Å². The molecule has 6 heteroatoms. The topological polar surface area (TPSA) is 49.6 Å². The summed E-state index contributed by atoms with van der Waals surface area (Å²) in [5.41, 5.74) is 1.05. The fourth-order valence-electron chi connectivity index (χ4n) is 3.04. The van der Waals surface area contributed by atoms with Crippen molar-refractivity contribution in [2.24, 2.45) is 5.92 Å². The van der Waals surface area contributed by atoms with Gasteiger partial charge < -0.3 is 9.32 Å². The van der Waals surface area contributed by atoms with Gasteiger partial charge in [-0.2, -0.15) is 0 Å². The van der Waals surface area contributed by atoms with E-state index in [1.807, 2.05) is 33.2 Å². The molecule has 3 rings (SSSR count). The number of carbonyl (C=O) groups excluding carboxylic acids is 1. The molecule has 0 aliphatic carbocycles. The maximum Gasteiger partial charge on any atom is 0.226 e. The predicted molar refractivity (Wildman–Crippen MR) is 91.2 cm³/mol. The number of piperidine rings is 1. The molecule has 1 aliphatic rings. The van der Waals surface area contributed by atoms with Crippen LogP contribution < -0.4 is 0 Å². The lowest BCUT2D eigenvalue weighted by molar-refractivity contribution is -0.134. The standard InChI is InChI=1S/C17H23N3O2S/c1-12-6-7-15(22-12)16-18-14(11-23-16)10-20-8-4-5-13(9-20)17(21)19(2)3/h6-7,11,13H,4-5,8-10H2,1-3H3/t13-/m0/s1. The average Bonchev–Trinajstić information content (AvgIpc) is 3.15. The van der Waals surface area contributed by atoms with Crippen molar-refractivity contribution in [1.82, 2.24) is 14.8 Å². The van der Waals surface area contributed by atoms with Gasteiger partial charge in [-0.25, -0.2) is 4.98 Å². The first-order valence-corrected chi connectivity index (χ1v) is 8.85. The molecule has 1 fully saturated rings. The van der Waals surface area contributed by atoms with Crippen molar-refractivity contribution < 1.29 is 9.21 Å². The Balaban J connectivity index is 1.63. The molecule has 5 nitrogen and oxygen atoms in total. The molecule has 0 aromatic carbocycles. The molecule has 2 aromatic heterocycles. The lowest BCUT2D eigenvalue weighted by atomic mass is 9.96. The molecule has 1 aliphatic heterocycles. The number of amides is 1. The molecular formula is C17H23N3O2S. The number of aryl methyl sites for hydroxylation is 1. The minimum absolute atomic E-state index is 0.115. The van der Waals surface area contributed by atoms with Crippen molar-refractivity contribution in [3.05, 3.63) is 29.0 Å². The zero-order chi connectivity index (χ0) is 16.4. The first kappa shape index (κ1) is 16.2.